The van der Waals surface area contributed by atoms with E-state index in [1.807, 2.05) is 6.07 Å². The SMILES string of the molecule is Clc1cc2sc(Br)cc2s1. The van der Waals surface area contributed by atoms with Crippen molar-refractivity contribution in [3.05, 3.63) is 20.3 Å². The van der Waals surface area contributed by atoms with Crippen molar-refractivity contribution < 1.29 is 0 Å². The van der Waals surface area contributed by atoms with Gasteiger partial charge in [-0.25, -0.2) is 0 Å². The zero-order chi connectivity index (χ0) is 7.14. The molecule has 0 atom stereocenters. The van der Waals surface area contributed by atoms with Crippen LogP contribution in [0.5, 0.6) is 0 Å². The fourth-order valence-corrected chi connectivity index (χ4v) is 3.95. The molecule has 2 aromatic rings. The summed E-state index contributed by atoms with van der Waals surface area (Å²) in [6, 6.07) is 4.09. The molecule has 0 aromatic carbocycles. The normalized spacial score (nSPS) is 11.0. The average molecular weight is 254 g/mol. The van der Waals surface area contributed by atoms with Gasteiger partial charge in [0.2, 0.25) is 0 Å². The first-order chi connectivity index (χ1) is 4.75. The van der Waals surface area contributed by atoms with Crippen molar-refractivity contribution in [1.82, 2.24) is 0 Å². The second-order valence-electron chi connectivity index (χ2n) is 1.83. The second-order valence-corrected chi connectivity index (χ2v) is 6.01. The maximum absolute atomic E-state index is 5.79. The van der Waals surface area contributed by atoms with E-state index in [1.54, 1.807) is 22.7 Å². The lowest BCUT2D eigenvalue weighted by molar-refractivity contribution is 2.13. The molecule has 0 radical (unpaired) electrons. The lowest BCUT2D eigenvalue weighted by Gasteiger charge is -1.71. The van der Waals surface area contributed by atoms with Crippen molar-refractivity contribution in [3.8, 4) is 0 Å². The van der Waals surface area contributed by atoms with E-state index in [4.69, 9.17) is 11.6 Å². The highest BCUT2D eigenvalue weighted by Gasteiger charge is 2.02. The number of hydrogen-bond donors (Lipinski definition) is 0. The van der Waals surface area contributed by atoms with E-state index < -0.39 is 0 Å². The smallest absolute Gasteiger partial charge is 0.0949 e. The second kappa shape index (κ2) is 2.48. The zero-order valence-electron chi connectivity index (χ0n) is 4.73. The molecule has 0 fully saturated rings. The van der Waals surface area contributed by atoms with Gasteiger partial charge in [0.05, 0.1) is 8.12 Å². The van der Waals surface area contributed by atoms with Crippen molar-refractivity contribution in [1.29, 1.82) is 0 Å². The van der Waals surface area contributed by atoms with Gasteiger partial charge < -0.3 is 0 Å². The van der Waals surface area contributed by atoms with Crippen molar-refractivity contribution in [2.45, 2.75) is 0 Å². The van der Waals surface area contributed by atoms with Gasteiger partial charge in [-0.05, 0) is 28.1 Å². The van der Waals surface area contributed by atoms with Gasteiger partial charge in [-0.15, -0.1) is 22.7 Å². The summed E-state index contributed by atoms with van der Waals surface area (Å²) in [6.45, 7) is 0. The molecular formula is C6H2BrClS2. The third kappa shape index (κ3) is 1.11. The highest BCUT2D eigenvalue weighted by Crippen LogP contribution is 2.37. The molecule has 2 heterocycles. The predicted octanol–water partition coefficient (Wildman–Crippen LogP) is 4.38. The molecule has 0 unspecified atom stereocenters. The Kier molecular flexibility index (Phi) is 1.76. The van der Waals surface area contributed by atoms with Crippen LogP contribution in [0.15, 0.2) is 15.9 Å². The van der Waals surface area contributed by atoms with Crippen LogP contribution in [-0.2, 0) is 0 Å². The Hall–Kier alpha value is 0.430. The Labute approximate surface area is 79.6 Å². The minimum absolute atomic E-state index is 0.869. The van der Waals surface area contributed by atoms with E-state index >= 15 is 0 Å². The Morgan fingerprint density at radius 1 is 1.20 bits per heavy atom. The van der Waals surface area contributed by atoms with E-state index in [0.717, 1.165) is 4.34 Å². The van der Waals surface area contributed by atoms with Crippen molar-refractivity contribution in [2.75, 3.05) is 0 Å². The van der Waals surface area contributed by atoms with Gasteiger partial charge >= 0.3 is 0 Å². The fraction of sp³-hybridized carbons (Fsp3) is 0. The van der Waals surface area contributed by atoms with Crippen LogP contribution in [0.3, 0.4) is 0 Å². The molecule has 0 nitrogen and oxygen atoms in total. The first-order valence-corrected chi connectivity index (χ1v) is 5.40. The van der Waals surface area contributed by atoms with Crippen LogP contribution in [0.2, 0.25) is 4.34 Å². The van der Waals surface area contributed by atoms with Crippen LogP contribution in [-0.4, -0.2) is 0 Å². The molecule has 2 aromatic heterocycles. The zero-order valence-corrected chi connectivity index (χ0v) is 8.70. The van der Waals surface area contributed by atoms with E-state index in [0.29, 0.717) is 0 Å². The van der Waals surface area contributed by atoms with Crippen LogP contribution in [0.25, 0.3) is 9.40 Å². The number of halogens is 2. The first kappa shape index (κ1) is 7.10. The Bertz CT molecular complexity index is 300. The molecular weight excluding hydrogens is 252 g/mol. The van der Waals surface area contributed by atoms with Crippen LogP contribution >= 0.6 is 50.2 Å². The molecule has 0 amide bonds. The van der Waals surface area contributed by atoms with Gasteiger partial charge in [0.1, 0.15) is 0 Å². The summed E-state index contributed by atoms with van der Waals surface area (Å²) in [5, 5.41) is 0. The highest BCUT2D eigenvalue weighted by molar-refractivity contribution is 9.11. The van der Waals surface area contributed by atoms with E-state index in [9.17, 15) is 0 Å². The van der Waals surface area contributed by atoms with Gasteiger partial charge in [-0.2, -0.15) is 0 Å². The summed E-state index contributed by atoms with van der Waals surface area (Å²) in [4.78, 5) is 0. The molecule has 52 valence electrons. The average Bonchev–Trinajstić information content (AvgIpc) is 2.21. The van der Waals surface area contributed by atoms with Crippen LogP contribution in [0.1, 0.15) is 0 Å². The molecule has 4 heteroatoms. The van der Waals surface area contributed by atoms with Crippen LogP contribution in [0.4, 0.5) is 0 Å². The minimum Gasteiger partial charge on any atom is -0.127 e. The molecule has 0 saturated heterocycles. The minimum atomic E-state index is 0.869. The standard InChI is InChI=1S/C6H2BrClS2/c7-5-1-3-4(9-5)2-6(8)10-3/h1-2H. The molecule has 10 heavy (non-hydrogen) atoms. The molecule has 0 N–H and O–H groups in total. The Balaban J connectivity index is 2.83. The molecule has 0 aliphatic heterocycles. The lowest BCUT2D eigenvalue weighted by atomic mass is 10.5. The van der Waals surface area contributed by atoms with Crippen LogP contribution < -0.4 is 0 Å². The van der Waals surface area contributed by atoms with Gasteiger partial charge in [0.25, 0.3) is 0 Å². The predicted molar refractivity (Wildman–Crippen MR) is 52.4 cm³/mol. The quantitative estimate of drug-likeness (QED) is 0.654. The summed E-state index contributed by atoms with van der Waals surface area (Å²) in [5.41, 5.74) is 0. The first-order valence-electron chi connectivity index (χ1n) is 2.60. The number of fused-ring (bicyclic) bond motifs is 1. The summed E-state index contributed by atoms with van der Waals surface area (Å²) in [6.07, 6.45) is 0. The number of thiophene rings is 2. The van der Waals surface area contributed by atoms with Gasteiger partial charge in [-0.3, -0.25) is 0 Å². The van der Waals surface area contributed by atoms with Crippen molar-refractivity contribution in [3.63, 3.8) is 0 Å². The molecule has 0 aliphatic rings. The summed E-state index contributed by atoms with van der Waals surface area (Å²) in [7, 11) is 0. The molecule has 0 bridgehead atoms. The maximum Gasteiger partial charge on any atom is 0.0949 e. The van der Waals surface area contributed by atoms with Crippen molar-refractivity contribution in [2.24, 2.45) is 0 Å². The van der Waals surface area contributed by atoms with E-state index in [-0.39, 0.29) is 0 Å². The number of hydrogen-bond acceptors (Lipinski definition) is 2. The van der Waals surface area contributed by atoms with Gasteiger partial charge in [0, 0.05) is 9.40 Å². The third-order valence-electron chi connectivity index (χ3n) is 1.15. The largest absolute Gasteiger partial charge is 0.127 e. The molecule has 2 rings (SSSR count). The molecule has 0 saturated carbocycles. The van der Waals surface area contributed by atoms with Crippen LogP contribution in [0, 0.1) is 0 Å². The van der Waals surface area contributed by atoms with E-state index in [2.05, 4.69) is 22.0 Å². The summed E-state index contributed by atoms with van der Waals surface area (Å²) < 4.78 is 4.57. The van der Waals surface area contributed by atoms with Gasteiger partial charge in [-0.1, -0.05) is 11.6 Å². The topological polar surface area (TPSA) is 0 Å². The molecule has 0 aliphatic carbocycles. The van der Waals surface area contributed by atoms with Gasteiger partial charge in [0.15, 0.2) is 0 Å². The summed E-state index contributed by atoms with van der Waals surface area (Å²) >= 11 is 12.5. The van der Waals surface area contributed by atoms with Crippen molar-refractivity contribution >= 4 is 59.6 Å². The maximum atomic E-state index is 5.79. The third-order valence-corrected chi connectivity index (χ3v) is 4.07. The Morgan fingerprint density at radius 2 is 1.90 bits per heavy atom. The number of rotatable bonds is 0. The Morgan fingerprint density at radius 3 is 2.60 bits per heavy atom. The summed E-state index contributed by atoms with van der Waals surface area (Å²) in [5.74, 6) is 0. The van der Waals surface area contributed by atoms with E-state index in [1.165, 1.54) is 13.2 Å². The molecule has 0 spiro atoms. The lowest BCUT2D eigenvalue weighted by Crippen LogP contribution is -1.37. The monoisotopic (exact) mass is 252 g/mol. The highest BCUT2D eigenvalue weighted by atomic mass is 79.9. The fourth-order valence-electron chi connectivity index (χ4n) is 0.777.